The fourth-order valence-electron chi connectivity index (χ4n) is 4.55. The van der Waals surface area contributed by atoms with Crippen LogP contribution in [0.3, 0.4) is 0 Å². The fraction of sp³-hybridized carbons (Fsp3) is 0.200. The highest BCUT2D eigenvalue weighted by Gasteiger charge is 2.33. The second-order valence-electron chi connectivity index (χ2n) is 8.39. The van der Waals surface area contributed by atoms with Crippen molar-refractivity contribution in [3.63, 3.8) is 0 Å². The zero-order chi connectivity index (χ0) is 23.2. The van der Waals surface area contributed by atoms with E-state index >= 15 is 0 Å². The minimum atomic E-state index is 0.163. The van der Waals surface area contributed by atoms with E-state index in [1.165, 1.54) is 16.7 Å². The summed E-state index contributed by atoms with van der Waals surface area (Å²) in [5.74, 6) is 3.36. The highest BCUT2D eigenvalue weighted by molar-refractivity contribution is 6.18. The quantitative estimate of drug-likeness (QED) is 0.255. The minimum Gasteiger partial charge on any atom is -0.492 e. The first-order valence-electron chi connectivity index (χ1n) is 11.6. The molecule has 4 heteroatoms. The first kappa shape index (κ1) is 22.4. The Hall–Kier alpha value is -3.43. The Morgan fingerprint density at radius 3 is 2.18 bits per heavy atom. The van der Waals surface area contributed by atoms with Crippen molar-refractivity contribution >= 4 is 11.6 Å². The molecule has 4 aromatic rings. The minimum absolute atomic E-state index is 0.163. The fourth-order valence-corrected chi connectivity index (χ4v) is 4.63. The van der Waals surface area contributed by atoms with E-state index in [2.05, 4.69) is 60.7 Å². The van der Waals surface area contributed by atoms with Crippen LogP contribution in [0.25, 0.3) is 0 Å². The molecule has 4 aromatic carbocycles. The van der Waals surface area contributed by atoms with Gasteiger partial charge in [-0.3, -0.25) is 0 Å². The number of alkyl halides is 1. The van der Waals surface area contributed by atoms with Gasteiger partial charge in [-0.05, 0) is 34.9 Å². The molecular formula is C30H27ClO3. The molecule has 0 saturated carbocycles. The lowest BCUT2D eigenvalue weighted by atomic mass is 9.76. The Morgan fingerprint density at radius 1 is 0.735 bits per heavy atom. The number of rotatable bonds is 8. The van der Waals surface area contributed by atoms with Crippen molar-refractivity contribution in [2.24, 2.45) is 0 Å². The van der Waals surface area contributed by atoms with Gasteiger partial charge >= 0.3 is 0 Å². The Bertz CT molecular complexity index is 1190. The smallest absolute Gasteiger partial charge is 0.126 e. The third-order valence-corrected chi connectivity index (χ3v) is 6.36. The van der Waals surface area contributed by atoms with Gasteiger partial charge in [0, 0.05) is 23.5 Å². The van der Waals surface area contributed by atoms with E-state index in [1.807, 2.05) is 42.5 Å². The average molecular weight is 471 g/mol. The SMILES string of the molecule is ClCCOc1ccc([C@H]2c3ccc(OCc4ccccc4)cc3OC[C@H]2c2ccccc2)cc1. The number of halogens is 1. The van der Waals surface area contributed by atoms with Gasteiger partial charge in [-0.2, -0.15) is 0 Å². The average Bonchev–Trinajstić information content (AvgIpc) is 2.91. The van der Waals surface area contributed by atoms with Crippen molar-refractivity contribution in [2.45, 2.75) is 18.4 Å². The van der Waals surface area contributed by atoms with Gasteiger partial charge in [0.2, 0.25) is 0 Å². The third-order valence-electron chi connectivity index (χ3n) is 6.20. The van der Waals surface area contributed by atoms with E-state index in [0.717, 1.165) is 22.8 Å². The van der Waals surface area contributed by atoms with Crippen LogP contribution in [-0.2, 0) is 6.61 Å². The summed E-state index contributed by atoms with van der Waals surface area (Å²) in [5, 5.41) is 0. The molecule has 1 aliphatic heterocycles. The molecular weight excluding hydrogens is 444 g/mol. The lowest BCUT2D eigenvalue weighted by Gasteiger charge is -2.34. The molecule has 0 spiro atoms. The monoisotopic (exact) mass is 470 g/mol. The van der Waals surface area contributed by atoms with E-state index < -0.39 is 0 Å². The lowest BCUT2D eigenvalue weighted by molar-refractivity contribution is 0.245. The number of fused-ring (bicyclic) bond motifs is 1. The largest absolute Gasteiger partial charge is 0.492 e. The molecule has 0 saturated heterocycles. The Balaban J connectivity index is 1.45. The van der Waals surface area contributed by atoms with E-state index in [9.17, 15) is 0 Å². The van der Waals surface area contributed by atoms with Crippen molar-refractivity contribution in [1.82, 2.24) is 0 Å². The molecule has 1 aliphatic rings. The maximum absolute atomic E-state index is 6.29. The van der Waals surface area contributed by atoms with Crippen LogP contribution in [0.4, 0.5) is 0 Å². The second-order valence-corrected chi connectivity index (χ2v) is 8.76. The molecule has 1 heterocycles. The number of hydrogen-bond donors (Lipinski definition) is 0. The summed E-state index contributed by atoms with van der Waals surface area (Å²) >= 11 is 5.77. The Morgan fingerprint density at radius 2 is 1.44 bits per heavy atom. The molecule has 2 atom stereocenters. The summed E-state index contributed by atoms with van der Waals surface area (Å²) in [6.07, 6.45) is 0. The number of ether oxygens (including phenoxy) is 3. The van der Waals surface area contributed by atoms with Crippen LogP contribution in [0.15, 0.2) is 103 Å². The lowest BCUT2D eigenvalue weighted by Crippen LogP contribution is -2.25. The summed E-state index contributed by atoms with van der Waals surface area (Å²) < 4.78 is 18.0. The predicted molar refractivity (Wildman–Crippen MR) is 136 cm³/mol. The summed E-state index contributed by atoms with van der Waals surface area (Å²) in [4.78, 5) is 0. The van der Waals surface area contributed by atoms with Crippen LogP contribution in [0.2, 0.25) is 0 Å². The second kappa shape index (κ2) is 10.7. The van der Waals surface area contributed by atoms with Crippen LogP contribution >= 0.6 is 11.6 Å². The van der Waals surface area contributed by atoms with Crippen LogP contribution in [0.1, 0.15) is 34.1 Å². The summed E-state index contributed by atoms with van der Waals surface area (Å²) in [6.45, 7) is 1.63. The van der Waals surface area contributed by atoms with Crippen molar-refractivity contribution in [3.8, 4) is 17.2 Å². The highest BCUT2D eigenvalue weighted by Crippen LogP contribution is 2.47. The van der Waals surface area contributed by atoms with Gasteiger partial charge in [-0.15, -0.1) is 11.6 Å². The first-order valence-corrected chi connectivity index (χ1v) is 12.1. The van der Waals surface area contributed by atoms with E-state index in [0.29, 0.717) is 25.7 Å². The topological polar surface area (TPSA) is 27.7 Å². The molecule has 0 bridgehead atoms. The zero-order valence-electron chi connectivity index (χ0n) is 18.9. The predicted octanol–water partition coefficient (Wildman–Crippen LogP) is 7.19. The summed E-state index contributed by atoms with van der Waals surface area (Å²) in [7, 11) is 0. The Kier molecular flexibility index (Phi) is 7.02. The molecule has 0 unspecified atom stereocenters. The van der Waals surface area contributed by atoms with Gasteiger partial charge in [-0.1, -0.05) is 78.9 Å². The van der Waals surface area contributed by atoms with E-state index in [1.54, 1.807) is 0 Å². The maximum atomic E-state index is 6.29. The van der Waals surface area contributed by atoms with Crippen molar-refractivity contribution < 1.29 is 14.2 Å². The maximum Gasteiger partial charge on any atom is 0.126 e. The van der Waals surface area contributed by atoms with Gasteiger partial charge in [-0.25, -0.2) is 0 Å². The zero-order valence-corrected chi connectivity index (χ0v) is 19.7. The first-order chi connectivity index (χ1) is 16.8. The van der Waals surface area contributed by atoms with Gasteiger partial charge in [0.25, 0.3) is 0 Å². The van der Waals surface area contributed by atoms with Crippen LogP contribution in [0, 0.1) is 0 Å². The van der Waals surface area contributed by atoms with Gasteiger partial charge in [0.15, 0.2) is 0 Å². The number of benzene rings is 4. The van der Waals surface area contributed by atoms with Crippen LogP contribution < -0.4 is 14.2 Å². The summed E-state index contributed by atoms with van der Waals surface area (Å²) in [5.41, 5.74) is 4.81. The van der Waals surface area contributed by atoms with Crippen LogP contribution in [0.5, 0.6) is 17.2 Å². The van der Waals surface area contributed by atoms with E-state index in [4.69, 9.17) is 25.8 Å². The normalized spacial score (nSPS) is 16.9. The Labute approximate surface area is 205 Å². The molecule has 0 aromatic heterocycles. The molecule has 0 aliphatic carbocycles. The van der Waals surface area contributed by atoms with Gasteiger partial charge in [0.05, 0.1) is 12.5 Å². The van der Waals surface area contributed by atoms with Crippen molar-refractivity contribution in [3.05, 3.63) is 125 Å². The molecule has 0 fully saturated rings. The molecule has 3 nitrogen and oxygen atoms in total. The van der Waals surface area contributed by atoms with Crippen molar-refractivity contribution in [1.29, 1.82) is 0 Å². The summed E-state index contributed by atoms with van der Waals surface area (Å²) in [6, 6.07) is 35.3. The molecule has 172 valence electrons. The highest BCUT2D eigenvalue weighted by atomic mass is 35.5. The third kappa shape index (κ3) is 5.05. The molecule has 0 amide bonds. The molecule has 0 radical (unpaired) electrons. The van der Waals surface area contributed by atoms with Crippen LogP contribution in [-0.4, -0.2) is 19.1 Å². The van der Waals surface area contributed by atoms with E-state index in [-0.39, 0.29) is 11.8 Å². The van der Waals surface area contributed by atoms with Crippen molar-refractivity contribution in [2.75, 3.05) is 19.1 Å². The van der Waals surface area contributed by atoms with Gasteiger partial charge < -0.3 is 14.2 Å². The molecule has 34 heavy (non-hydrogen) atoms. The standard InChI is InChI=1S/C30H27ClO3/c31-17-18-32-25-13-11-24(12-14-25)30-27-16-15-26(33-20-22-7-3-1-4-8-22)19-29(27)34-21-28(30)23-9-5-2-6-10-23/h1-16,19,28,30H,17-18,20-21H2/t28-,30-/m0/s1. The molecule has 0 N–H and O–H groups in total. The van der Waals surface area contributed by atoms with Gasteiger partial charge in [0.1, 0.15) is 30.5 Å². The molecule has 5 rings (SSSR count). The number of hydrogen-bond acceptors (Lipinski definition) is 3.